The Balaban J connectivity index is 1.89. The van der Waals surface area contributed by atoms with Gasteiger partial charge in [0.15, 0.2) is 0 Å². The number of morpholine rings is 1. The zero-order chi connectivity index (χ0) is 12.5. The first-order chi connectivity index (χ1) is 7.97. The minimum absolute atomic E-state index is 0.0840. The summed E-state index contributed by atoms with van der Waals surface area (Å²) in [5.74, 6) is 0. The molecule has 0 bridgehead atoms. The first kappa shape index (κ1) is 13.1. The van der Waals surface area contributed by atoms with Crippen LogP contribution in [0.3, 0.4) is 0 Å². The average molecular weight is 252 g/mol. The highest BCUT2D eigenvalue weighted by Crippen LogP contribution is 2.32. The molecule has 0 radical (unpaired) electrons. The quantitative estimate of drug-likeness (QED) is 0.803. The van der Waals surface area contributed by atoms with Crippen molar-refractivity contribution in [2.75, 3.05) is 26.2 Å². The number of rotatable bonds is 2. The number of ether oxygens (including phenoxy) is 1. The van der Waals surface area contributed by atoms with E-state index in [2.05, 4.69) is 5.32 Å². The summed E-state index contributed by atoms with van der Waals surface area (Å²) in [4.78, 5) is 1.52. The lowest BCUT2D eigenvalue weighted by molar-refractivity contribution is -0.180. The van der Waals surface area contributed by atoms with Crippen molar-refractivity contribution >= 4 is 0 Å². The minimum Gasteiger partial charge on any atom is -0.371 e. The van der Waals surface area contributed by atoms with Gasteiger partial charge in [-0.1, -0.05) is 0 Å². The number of hydrogen-bond donors (Lipinski definition) is 1. The van der Waals surface area contributed by atoms with Crippen LogP contribution in [0, 0.1) is 0 Å². The fourth-order valence-corrected chi connectivity index (χ4v) is 2.66. The van der Waals surface area contributed by atoms with Crippen molar-refractivity contribution in [1.82, 2.24) is 10.2 Å². The number of nitrogens with zero attached hydrogens (tertiary/aromatic N) is 1. The Hall–Kier alpha value is -0.330. The maximum Gasteiger partial charge on any atom is 0.404 e. The van der Waals surface area contributed by atoms with Crippen LogP contribution in [0.25, 0.3) is 0 Å². The second-order valence-corrected chi connectivity index (χ2v) is 4.92. The van der Waals surface area contributed by atoms with Crippen molar-refractivity contribution in [1.29, 1.82) is 0 Å². The Morgan fingerprint density at radius 1 is 1.35 bits per heavy atom. The molecule has 2 fully saturated rings. The Bertz CT molecular complexity index is 260. The molecule has 2 heterocycles. The molecule has 3 atom stereocenters. The van der Waals surface area contributed by atoms with Gasteiger partial charge in [-0.15, -0.1) is 0 Å². The summed E-state index contributed by atoms with van der Waals surface area (Å²) in [5, 5.41) is 3.18. The lowest BCUT2D eigenvalue weighted by Crippen LogP contribution is -2.51. The molecule has 0 unspecified atom stereocenters. The fraction of sp³-hybridized carbons (Fsp3) is 1.00. The molecule has 0 saturated carbocycles. The smallest absolute Gasteiger partial charge is 0.371 e. The summed E-state index contributed by atoms with van der Waals surface area (Å²) in [7, 11) is 0. The molecule has 0 aliphatic carbocycles. The molecule has 0 aromatic heterocycles. The van der Waals surface area contributed by atoms with Gasteiger partial charge in [0, 0.05) is 19.6 Å². The highest BCUT2D eigenvalue weighted by atomic mass is 19.4. The Morgan fingerprint density at radius 3 is 2.76 bits per heavy atom. The number of alkyl halides is 3. The first-order valence-corrected chi connectivity index (χ1v) is 6.14. The summed E-state index contributed by atoms with van der Waals surface area (Å²) in [6.45, 7) is 4.26. The van der Waals surface area contributed by atoms with Crippen LogP contribution in [0.5, 0.6) is 0 Å². The van der Waals surface area contributed by atoms with Gasteiger partial charge in [0.2, 0.25) is 0 Å². The third-order valence-electron chi connectivity index (χ3n) is 3.41. The average Bonchev–Trinajstić information content (AvgIpc) is 2.65. The Labute approximate surface area is 99.3 Å². The third-order valence-corrected chi connectivity index (χ3v) is 3.41. The molecular formula is C11H19F3N2O. The molecule has 6 heteroatoms. The van der Waals surface area contributed by atoms with Crippen LogP contribution in [0.4, 0.5) is 13.2 Å². The van der Waals surface area contributed by atoms with Crippen molar-refractivity contribution in [2.24, 2.45) is 0 Å². The second kappa shape index (κ2) is 5.12. The SMILES string of the molecule is C[C@@H]1CNC[C@@H](CN2CCC[C@H]2C(F)(F)F)O1. The zero-order valence-electron chi connectivity index (χ0n) is 9.96. The summed E-state index contributed by atoms with van der Waals surface area (Å²) in [5.41, 5.74) is 0. The zero-order valence-corrected chi connectivity index (χ0v) is 9.96. The highest BCUT2D eigenvalue weighted by molar-refractivity contribution is 4.87. The van der Waals surface area contributed by atoms with Gasteiger partial charge in [0.05, 0.1) is 12.2 Å². The van der Waals surface area contributed by atoms with Gasteiger partial charge in [0.25, 0.3) is 0 Å². The van der Waals surface area contributed by atoms with Crippen LogP contribution in [0.1, 0.15) is 19.8 Å². The summed E-state index contributed by atoms with van der Waals surface area (Å²) < 4.78 is 43.9. The largest absolute Gasteiger partial charge is 0.404 e. The molecular weight excluding hydrogens is 233 g/mol. The predicted molar refractivity (Wildman–Crippen MR) is 57.9 cm³/mol. The number of halogens is 3. The number of nitrogens with one attached hydrogen (secondary N) is 1. The third kappa shape index (κ3) is 3.33. The molecule has 1 N–H and O–H groups in total. The maximum absolute atomic E-state index is 12.7. The summed E-state index contributed by atoms with van der Waals surface area (Å²) in [6.07, 6.45) is -3.30. The van der Waals surface area contributed by atoms with Gasteiger partial charge in [-0.2, -0.15) is 13.2 Å². The van der Waals surface area contributed by atoms with E-state index in [1.54, 1.807) is 0 Å². The van der Waals surface area contributed by atoms with Gasteiger partial charge in [-0.3, -0.25) is 4.90 Å². The van der Waals surface area contributed by atoms with Gasteiger partial charge < -0.3 is 10.1 Å². The van der Waals surface area contributed by atoms with E-state index in [0.29, 0.717) is 26.1 Å². The van der Waals surface area contributed by atoms with E-state index in [-0.39, 0.29) is 18.6 Å². The van der Waals surface area contributed by atoms with Crippen LogP contribution in [0.15, 0.2) is 0 Å². The van der Waals surface area contributed by atoms with E-state index in [1.807, 2.05) is 6.92 Å². The first-order valence-electron chi connectivity index (χ1n) is 6.14. The van der Waals surface area contributed by atoms with Gasteiger partial charge >= 0.3 is 6.18 Å². The Kier molecular flexibility index (Phi) is 3.95. The number of likely N-dealkylation sites (tertiary alicyclic amines) is 1. The van der Waals surface area contributed by atoms with E-state index >= 15 is 0 Å². The normalized spacial score (nSPS) is 36.4. The molecule has 3 nitrogen and oxygen atoms in total. The lowest BCUT2D eigenvalue weighted by Gasteiger charge is -2.34. The Morgan fingerprint density at radius 2 is 2.12 bits per heavy atom. The summed E-state index contributed by atoms with van der Waals surface area (Å²) in [6, 6.07) is -1.27. The van der Waals surface area contributed by atoms with E-state index in [9.17, 15) is 13.2 Å². The van der Waals surface area contributed by atoms with Crippen molar-refractivity contribution in [3.8, 4) is 0 Å². The van der Waals surface area contributed by atoms with E-state index < -0.39 is 12.2 Å². The van der Waals surface area contributed by atoms with Crippen LogP contribution >= 0.6 is 0 Å². The molecule has 0 spiro atoms. The monoisotopic (exact) mass is 252 g/mol. The van der Waals surface area contributed by atoms with E-state index in [1.165, 1.54) is 4.90 Å². The van der Waals surface area contributed by atoms with Crippen LogP contribution < -0.4 is 5.32 Å². The van der Waals surface area contributed by atoms with Crippen molar-refractivity contribution in [2.45, 2.75) is 44.2 Å². The molecule has 2 aliphatic rings. The van der Waals surface area contributed by atoms with Crippen LogP contribution in [0.2, 0.25) is 0 Å². The standard InChI is InChI=1S/C11H19F3N2O/c1-8-5-15-6-9(17-8)7-16-4-2-3-10(16)11(12,13)14/h8-10,15H,2-7H2,1H3/t8-,9+,10+/m1/s1. The fourth-order valence-electron chi connectivity index (χ4n) is 2.66. The maximum atomic E-state index is 12.7. The van der Waals surface area contributed by atoms with Crippen LogP contribution in [-0.2, 0) is 4.74 Å². The molecule has 17 heavy (non-hydrogen) atoms. The number of hydrogen-bond acceptors (Lipinski definition) is 3. The second-order valence-electron chi connectivity index (χ2n) is 4.92. The van der Waals surface area contributed by atoms with Crippen molar-refractivity contribution in [3.05, 3.63) is 0 Å². The predicted octanol–water partition coefficient (Wildman–Crippen LogP) is 1.39. The molecule has 2 rings (SSSR count). The molecule has 2 saturated heterocycles. The van der Waals surface area contributed by atoms with Gasteiger partial charge in [-0.25, -0.2) is 0 Å². The molecule has 0 aromatic carbocycles. The van der Waals surface area contributed by atoms with Gasteiger partial charge in [0.1, 0.15) is 6.04 Å². The summed E-state index contributed by atoms with van der Waals surface area (Å²) >= 11 is 0. The highest BCUT2D eigenvalue weighted by Gasteiger charge is 2.46. The van der Waals surface area contributed by atoms with E-state index in [4.69, 9.17) is 4.74 Å². The molecule has 0 amide bonds. The lowest BCUT2D eigenvalue weighted by atomic mass is 10.2. The van der Waals surface area contributed by atoms with E-state index in [0.717, 1.165) is 6.54 Å². The molecule has 2 aliphatic heterocycles. The molecule has 0 aromatic rings. The van der Waals surface area contributed by atoms with Crippen molar-refractivity contribution in [3.63, 3.8) is 0 Å². The van der Waals surface area contributed by atoms with Gasteiger partial charge in [-0.05, 0) is 26.3 Å². The van der Waals surface area contributed by atoms with Crippen molar-refractivity contribution < 1.29 is 17.9 Å². The molecule has 100 valence electrons. The van der Waals surface area contributed by atoms with Crippen LogP contribution in [-0.4, -0.2) is 55.5 Å². The topological polar surface area (TPSA) is 24.5 Å². The minimum atomic E-state index is -4.11.